The number of allylic oxidation sites excluding steroid dienone is 1. The van der Waals surface area contributed by atoms with Crippen molar-refractivity contribution in [3.8, 4) is 0 Å². The lowest BCUT2D eigenvalue weighted by Crippen LogP contribution is -2.10. The second-order valence-electron chi connectivity index (χ2n) is 2.71. The number of nitrogen functional groups attached to an aromatic ring is 1. The van der Waals surface area contributed by atoms with Crippen LogP contribution in [0.1, 0.15) is 5.56 Å². The van der Waals surface area contributed by atoms with Crippen LogP contribution in [0.5, 0.6) is 0 Å². The van der Waals surface area contributed by atoms with Crippen LogP contribution in [0.2, 0.25) is 5.02 Å². The van der Waals surface area contributed by atoms with Crippen LogP contribution >= 0.6 is 11.6 Å². The average Bonchev–Trinajstić information content (AvgIpc) is 2.01. The molecule has 0 aliphatic carbocycles. The molecule has 0 aliphatic heterocycles. The van der Waals surface area contributed by atoms with Crippen molar-refractivity contribution in [2.75, 3.05) is 5.73 Å². The van der Waals surface area contributed by atoms with Crippen LogP contribution in [0.4, 0.5) is 18.9 Å². The van der Waals surface area contributed by atoms with Crippen LogP contribution < -0.4 is 5.73 Å². The zero-order valence-electron chi connectivity index (χ0n) is 7.03. The van der Waals surface area contributed by atoms with Gasteiger partial charge in [-0.1, -0.05) is 24.2 Å². The zero-order chi connectivity index (χ0) is 10.9. The number of alkyl halides is 3. The Morgan fingerprint density at radius 1 is 1.36 bits per heavy atom. The monoisotopic (exact) mass is 221 g/mol. The van der Waals surface area contributed by atoms with Crippen molar-refractivity contribution in [3.63, 3.8) is 0 Å². The molecule has 0 saturated heterocycles. The third-order valence-electron chi connectivity index (χ3n) is 1.68. The van der Waals surface area contributed by atoms with E-state index in [0.29, 0.717) is 5.02 Å². The zero-order valence-corrected chi connectivity index (χ0v) is 7.78. The number of hydrogen-bond donors (Lipinski definition) is 1. The van der Waals surface area contributed by atoms with Crippen molar-refractivity contribution in [2.45, 2.75) is 6.18 Å². The minimum atomic E-state index is -4.47. The maximum Gasteiger partial charge on any atom is 0.416 e. The first-order chi connectivity index (χ1) is 6.32. The van der Waals surface area contributed by atoms with E-state index in [4.69, 9.17) is 17.3 Å². The summed E-state index contributed by atoms with van der Waals surface area (Å²) in [6, 6.07) is 3.80. The quantitative estimate of drug-likeness (QED) is 0.722. The first kappa shape index (κ1) is 10.9. The molecular formula is C9H7ClF3N. The molecule has 14 heavy (non-hydrogen) atoms. The molecule has 0 aromatic heterocycles. The lowest BCUT2D eigenvalue weighted by Gasteiger charge is -2.12. The van der Waals surface area contributed by atoms with Gasteiger partial charge in [-0.15, -0.1) is 0 Å². The Morgan fingerprint density at radius 3 is 2.36 bits per heavy atom. The first-order valence-electron chi connectivity index (χ1n) is 3.64. The fourth-order valence-electron chi connectivity index (χ4n) is 0.961. The second kappa shape index (κ2) is 3.53. The van der Waals surface area contributed by atoms with Crippen LogP contribution in [0, 0.1) is 0 Å². The van der Waals surface area contributed by atoms with Gasteiger partial charge in [-0.3, -0.25) is 0 Å². The number of halogens is 4. The summed E-state index contributed by atoms with van der Waals surface area (Å²) >= 11 is 5.54. The van der Waals surface area contributed by atoms with Crippen molar-refractivity contribution >= 4 is 22.9 Å². The standard InChI is InChI=1S/C9H7ClF3N/c1-5(9(11,12)13)7-3-2-6(10)4-8(7)14/h2-4H,1,14H2. The van der Waals surface area contributed by atoms with E-state index in [0.717, 1.165) is 0 Å². The Labute approximate surface area is 84.0 Å². The summed E-state index contributed by atoms with van der Waals surface area (Å²) in [5.74, 6) is 0. The van der Waals surface area contributed by atoms with Gasteiger partial charge in [0, 0.05) is 16.3 Å². The predicted molar refractivity (Wildman–Crippen MR) is 51.0 cm³/mol. The van der Waals surface area contributed by atoms with Gasteiger partial charge in [0.15, 0.2) is 0 Å². The summed E-state index contributed by atoms with van der Waals surface area (Å²) in [6.45, 7) is 2.94. The van der Waals surface area contributed by atoms with E-state index in [1.807, 2.05) is 0 Å². The molecule has 1 rings (SSSR count). The lowest BCUT2D eigenvalue weighted by molar-refractivity contribution is -0.0686. The average molecular weight is 222 g/mol. The molecule has 0 unspecified atom stereocenters. The highest BCUT2D eigenvalue weighted by molar-refractivity contribution is 6.30. The summed E-state index contributed by atoms with van der Waals surface area (Å²) in [5, 5.41) is 0.293. The maximum absolute atomic E-state index is 12.2. The molecule has 1 nitrogen and oxygen atoms in total. The molecule has 1 aromatic carbocycles. The van der Waals surface area contributed by atoms with E-state index in [1.165, 1.54) is 18.2 Å². The van der Waals surface area contributed by atoms with Gasteiger partial charge in [0.1, 0.15) is 0 Å². The van der Waals surface area contributed by atoms with E-state index >= 15 is 0 Å². The second-order valence-corrected chi connectivity index (χ2v) is 3.14. The summed E-state index contributed by atoms with van der Waals surface area (Å²) in [7, 11) is 0. The smallest absolute Gasteiger partial charge is 0.398 e. The number of hydrogen-bond acceptors (Lipinski definition) is 1. The Balaban J connectivity index is 3.15. The van der Waals surface area contributed by atoms with Gasteiger partial charge in [0.2, 0.25) is 0 Å². The van der Waals surface area contributed by atoms with E-state index in [9.17, 15) is 13.2 Å². The number of nitrogens with two attached hydrogens (primary N) is 1. The van der Waals surface area contributed by atoms with Crippen molar-refractivity contribution < 1.29 is 13.2 Å². The normalized spacial score (nSPS) is 11.4. The molecule has 0 amide bonds. The maximum atomic E-state index is 12.2. The van der Waals surface area contributed by atoms with E-state index in [-0.39, 0.29) is 11.3 Å². The van der Waals surface area contributed by atoms with Crippen LogP contribution in [0.3, 0.4) is 0 Å². The highest BCUT2D eigenvalue weighted by Crippen LogP contribution is 2.35. The van der Waals surface area contributed by atoms with Gasteiger partial charge in [-0.2, -0.15) is 13.2 Å². The lowest BCUT2D eigenvalue weighted by atomic mass is 10.1. The van der Waals surface area contributed by atoms with Crippen molar-refractivity contribution in [1.82, 2.24) is 0 Å². The number of anilines is 1. The molecule has 0 spiro atoms. The van der Waals surface area contributed by atoms with Crippen LogP contribution in [0.25, 0.3) is 5.57 Å². The highest BCUT2D eigenvalue weighted by Gasteiger charge is 2.33. The summed E-state index contributed by atoms with van der Waals surface area (Å²) in [4.78, 5) is 0. The molecule has 2 N–H and O–H groups in total. The van der Waals surface area contributed by atoms with E-state index in [2.05, 4.69) is 6.58 Å². The highest BCUT2D eigenvalue weighted by atomic mass is 35.5. The third kappa shape index (κ3) is 2.20. The molecule has 0 radical (unpaired) electrons. The van der Waals surface area contributed by atoms with Gasteiger partial charge in [-0.05, 0) is 12.1 Å². The summed E-state index contributed by atoms with van der Waals surface area (Å²) in [5.41, 5.74) is 4.24. The Morgan fingerprint density at radius 2 is 1.93 bits per heavy atom. The topological polar surface area (TPSA) is 26.0 Å². The molecule has 1 aromatic rings. The van der Waals surface area contributed by atoms with Crippen LogP contribution in [-0.4, -0.2) is 6.18 Å². The largest absolute Gasteiger partial charge is 0.416 e. The molecule has 0 heterocycles. The molecule has 76 valence electrons. The summed E-state index contributed by atoms with van der Waals surface area (Å²) < 4.78 is 36.7. The Kier molecular flexibility index (Phi) is 2.76. The fraction of sp³-hybridized carbons (Fsp3) is 0.111. The molecular weight excluding hydrogens is 215 g/mol. The van der Waals surface area contributed by atoms with E-state index < -0.39 is 11.7 Å². The van der Waals surface area contributed by atoms with Gasteiger partial charge >= 0.3 is 6.18 Å². The van der Waals surface area contributed by atoms with Crippen LogP contribution in [0.15, 0.2) is 24.8 Å². The van der Waals surface area contributed by atoms with Crippen molar-refractivity contribution in [3.05, 3.63) is 35.4 Å². The molecule has 0 saturated carbocycles. The molecule has 5 heteroatoms. The third-order valence-corrected chi connectivity index (χ3v) is 1.92. The van der Waals surface area contributed by atoms with Gasteiger partial charge in [0.05, 0.1) is 5.57 Å². The van der Waals surface area contributed by atoms with Gasteiger partial charge in [0.25, 0.3) is 0 Å². The van der Waals surface area contributed by atoms with Crippen LogP contribution in [-0.2, 0) is 0 Å². The molecule has 0 aliphatic rings. The number of benzene rings is 1. The molecule has 0 bridgehead atoms. The van der Waals surface area contributed by atoms with Crippen molar-refractivity contribution in [1.29, 1.82) is 0 Å². The minimum Gasteiger partial charge on any atom is -0.398 e. The SMILES string of the molecule is C=C(c1ccc(Cl)cc1N)C(F)(F)F. The Hall–Kier alpha value is -1.16. The molecule has 0 fully saturated rings. The Bertz CT molecular complexity index is 371. The number of rotatable bonds is 1. The van der Waals surface area contributed by atoms with Gasteiger partial charge in [-0.25, -0.2) is 0 Å². The summed E-state index contributed by atoms with van der Waals surface area (Å²) in [6.07, 6.45) is -4.47. The molecule has 0 atom stereocenters. The van der Waals surface area contributed by atoms with Gasteiger partial charge < -0.3 is 5.73 Å². The minimum absolute atomic E-state index is 0.0279. The first-order valence-corrected chi connectivity index (χ1v) is 4.01. The van der Waals surface area contributed by atoms with Crippen molar-refractivity contribution in [2.24, 2.45) is 0 Å². The predicted octanol–water partition coefficient (Wildman–Crippen LogP) is 3.50. The van der Waals surface area contributed by atoms with E-state index in [1.54, 1.807) is 0 Å². The fourth-order valence-corrected chi connectivity index (χ4v) is 1.14.